The van der Waals surface area contributed by atoms with Crippen LogP contribution in [0, 0.1) is 0 Å². The van der Waals surface area contributed by atoms with E-state index in [2.05, 4.69) is 21.3 Å². The zero-order chi connectivity index (χ0) is 28.7. The molecule has 14 heteroatoms. The summed E-state index contributed by atoms with van der Waals surface area (Å²) >= 11 is 0. The number of hydrogen-bond donors (Lipinski definition) is 4. The maximum absolute atomic E-state index is 11.2. The van der Waals surface area contributed by atoms with Gasteiger partial charge in [0.15, 0.2) is 11.6 Å². The zero-order valence-corrected chi connectivity index (χ0v) is 23.4. The first-order chi connectivity index (χ1) is 18.3. The summed E-state index contributed by atoms with van der Waals surface area (Å²) in [5, 5.41) is 11.2. The molecule has 0 bridgehead atoms. The second kappa shape index (κ2) is 31.2. The molecular formula is C24H48N4O10. The van der Waals surface area contributed by atoms with Crippen LogP contribution < -0.4 is 21.3 Å². The molecule has 4 N–H and O–H groups in total. The summed E-state index contributed by atoms with van der Waals surface area (Å²) in [7, 11) is 3.73. The Balaban J connectivity index is 0. The van der Waals surface area contributed by atoms with Gasteiger partial charge in [0.05, 0.1) is 52.9 Å². The van der Waals surface area contributed by atoms with Crippen LogP contribution in [0.3, 0.4) is 0 Å². The van der Waals surface area contributed by atoms with Gasteiger partial charge in [-0.05, 0) is 27.9 Å². The molecule has 0 saturated carbocycles. The van der Waals surface area contributed by atoms with Gasteiger partial charge in [-0.2, -0.15) is 0 Å². The van der Waals surface area contributed by atoms with Crippen molar-refractivity contribution in [1.82, 2.24) is 21.3 Å². The number of likely N-dealkylation sites (N-methyl/N-ethyl adjacent to an activating group) is 2. The lowest BCUT2D eigenvalue weighted by molar-refractivity contribution is -0.130. The van der Waals surface area contributed by atoms with Gasteiger partial charge in [0.25, 0.3) is 0 Å². The van der Waals surface area contributed by atoms with E-state index in [1.807, 2.05) is 14.1 Å². The molecule has 0 aromatic heterocycles. The van der Waals surface area contributed by atoms with E-state index in [4.69, 9.17) is 28.4 Å². The number of ketones is 2. The Morgan fingerprint density at radius 1 is 0.447 bits per heavy atom. The number of nitrogens with one attached hydrogen (secondary N) is 4. The van der Waals surface area contributed by atoms with Crippen LogP contribution in [0.2, 0.25) is 0 Å². The molecule has 0 aliphatic rings. The van der Waals surface area contributed by atoms with E-state index < -0.39 is 0 Å². The van der Waals surface area contributed by atoms with Crippen molar-refractivity contribution in [3.63, 3.8) is 0 Å². The average molecular weight is 553 g/mol. The van der Waals surface area contributed by atoms with Crippen LogP contribution in [-0.4, -0.2) is 143 Å². The molecule has 0 aliphatic heterocycles. The fourth-order valence-corrected chi connectivity index (χ4v) is 2.19. The molecule has 0 rings (SSSR count). The highest BCUT2D eigenvalue weighted by molar-refractivity contribution is 5.79. The molecule has 0 aromatic carbocycles. The number of Topliss-reactive ketones (excluding diaryl/α,β-unsaturated/α-hetero) is 2. The van der Waals surface area contributed by atoms with Gasteiger partial charge in [-0.1, -0.05) is 0 Å². The maximum atomic E-state index is 11.2. The Bertz CT molecular complexity index is 547. The van der Waals surface area contributed by atoms with Crippen LogP contribution in [0.15, 0.2) is 0 Å². The van der Waals surface area contributed by atoms with Gasteiger partial charge in [-0.15, -0.1) is 0 Å². The predicted molar refractivity (Wildman–Crippen MR) is 140 cm³/mol. The van der Waals surface area contributed by atoms with E-state index >= 15 is 0 Å². The standard InChI is InChI=1S/2C12H24N2O5/c2*1-11(15)9-19-10-12(16)14-4-6-18-8-7-17-5-3-13-2/h2*13H,3-10H2,1-2H3,(H,14,16). The van der Waals surface area contributed by atoms with Gasteiger partial charge in [0, 0.05) is 26.2 Å². The molecule has 0 spiro atoms. The quantitative estimate of drug-likeness (QED) is 0.0865. The van der Waals surface area contributed by atoms with E-state index in [9.17, 15) is 19.2 Å². The molecule has 0 heterocycles. The van der Waals surface area contributed by atoms with Crippen molar-refractivity contribution in [3.8, 4) is 0 Å². The minimum atomic E-state index is -0.255. The largest absolute Gasteiger partial charge is 0.378 e. The number of amides is 2. The predicted octanol–water partition coefficient (Wildman–Crippen LogP) is -2.08. The molecule has 0 radical (unpaired) electrons. The summed E-state index contributed by atoms with van der Waals surface area (Å²) in [5.41, 5.74) is 0. The molecule has 2 amide bonds. The fraction of sp³-hybridized carbons (Fsp3) is 0.833. The molecule has 0 unspecified atom stereocenters. The lowest BCUT2D eigenvalue weighted by atomic mass is 10.5. The monoisotopic (exact) mass is 552 g/mol. The Morgan fingerprint density at radius 3 is 1.05 bits per heavy atom. The smallest absolute Gasteiger partial charge is 0.246 e. The number of ether oxygens (including phenoxy) is 6. The lowest BCUT2D eigenvalue weighted by Crippen LogP contribution is -2.31. The average Bonchev–Trinajstić information content (AvgIpc) is 2.86. The van der Waals surface area contributed by atoms with Crippen molar-refractivity contribution in [2.24, 2.45) is 0 Å². The lowest BCUT2D eigenvalue weighted by Gasteiger charge is -2.07. The fourth-order valence-electron chi connectivity index (χ4n) is 2.19. The van der Waals surface area contributed by atoms with Gasteiger partial charge >= 0.3 is 0 Å². The molecular weight excluding hydrogens is 504 g/mol. The summed E-state index contributed by atoms with van der Waals surface area (Å²) in [4.78, 5) is 43.5. The molecule has 38 heavy (non-hydrogen) atoms. The van der Waals surface area contributed by atoms with Crippen molar-refractivity contribution >= 4 is 23.4 Å². The number of hydrogen-bond acceptors (Lipinski definition) is 12. The van der Waals surface area contributed by atoms with E-state index in [1.54, 1.807) is 0 Å². The number of carbonyl (C=O) groups is 4. The van der Waals surface area contributed by atoms with Crippen LogP contribution in [0.1, 0.15) is 13.8 Å². The highest BCUT2D eigenvalue weighted by Gasteiger charge is 2.02. The van der Waals surface area contributed by atoms with Crippen LogP contribution in [-0.2, 0) is 47.6 Å². The van der Waals surface area contributed by atoms with Crippen LogP contribution in [0.4, 0.5) is 0 Å². The Kier molecular flexibility index (Phi) is 31.3. The first kappa shape index (κ1) is 38.1. The van der Waals surface area contributed by atoms with E-state index in [0.717, 1.165) is 13.1 Å². The number of rotatable bonds is 26. The van der Waals surface area contributed by atoms with Gasteiger partial charge in [0.2, 0.25) is 11.8 Å². The third-order valence-corrected chi connectivity index (χ3v) is 3.95. The summed E-state index contributed by atoms with van der Waals surface area (Å²) < 4.78 is 30.7. The Morgan fingerprint density at radius 2 is 0.763 bits per heavy atom. The molecule has 14 nitrogen and oxygen atoms in total. The Hall–Kier alpha value is -2.04. The third-order valence-electron chi connectivity index (χ3n) is 3.95. The van der Waals surface area contributed by atoms with Crippen LogP contribution in [0.5, 0.6) is 0 Å². The number of carbonyl (C=O) groups excluding carboxylic acids is 4. The summed E-state index contributed by atoms with van der Waals surface area (Å²) in [6.45, 7) is 9.24. The van der Waals surface area contributed by atoms with Gasteiger partial charge in [-0.3, -0.25) is 19.2 Å². The van der Waals surface area contributed by atoms with Gasteiger partial charge in [-0.25, -0.2) is 0 Å². The van der Waals surface area contributed by atoms with Crippen molar-refractivity contribution in [2.75, 3.05) is 120 Å². The van der Waals surface area contributed by atoms with Crippen LogP contribution in [0.25, 0.3) is 0 Å². The van der Waals surface area contributed by atoms with E-state index in [-0.39, 0.29) is 49.8 Å². The molecule has 0 fully saturated rings. The molecule has 224 valence electrons. The van der Waals surface area contributed by atoms with Gasteiger partial charge < -0.3 is 49.7 Å². The highest BCUT2D eigenvalue weighted by atomic mass is 16.5. The summed E-state index contributed by atoms with van der Waals surface area (Å²) in [6.07, 6.45) is 0. The van der Waals surface area contributed by atoms with Gasteiger partial charge in [0.1, 0.15) is 26.4 Å². The SMILES string of the molecule is CNCCOCCOCCNC(=O)COCC(C)=O.CNCCOCCOCCNC(=O)COCC(C)=O. The molecule has 0 saturated heterocycles. The summed E-state index contributed by atoms with van der Waals surface area (Å²) in [6, 6.07) is 0. The van der Waals surface area contributed by atoms with Crippen LogP contribution >= 0.6 is 0 Å². The van der Waals surface area contributed by atoms with Crippen molar-refractivity contribution < 1.29 is 47.6 Å². The normalized spacial score (nSPS) is 10.4. The van der Waals surface area contributed by atoms with E-state index in [0.29, 0.717) is 65.9 Å². The highest BCUT2D eigenvalue weighted by Crippen LogP contribution is 1.81. The Labute approximate surface area is 226 Å². The first-order valence-corrected chi connectivity index (χ1v) is 12.6. The van der Waals surface area contributed by atoms with Crippen molar-refractivity contribution in [3.05, 3.63) is 0 Å². The molecule has 0 aliphatic carbocycles. The second-order valence-electron chi connectivity index (χ2n) is 7.75. The second-order valence-corrected chi connectivity index (χ2v) is 7.75. The molecule has 0 atom stereocenters. The third kappa shape index (κ3) is 36.1. The summed E-state index contributed by atoms with van der Waals surface area (Å²) in [5.74, 6) is -0.714. The molecule has 0 aromatic rings. The minimum Gasteiger partial charge on any atom is -0.378 e. The maximum Gasteiger partial charge on any atom is 0.246 e. The van der Waals surface area contributed by atoms with Crippen molar-refractivity contribution in [2.45, 2.75) is 13.8 Å². The first-order valence-electron chi connectivity index (χ1n) is 12.6. The topological polar surface area (TPSA) is 172 Å². The minimum absolute atomic E-state index is 0.0339. The van der Waals surface area contributed by atoms with Crippen molar-refractivity contribution in [1.29, 1.82) is 0 Å². The zero-order valence-electron chi connectivity index (χ0n) is 23.4. The van der Waals surface area contributed by atoms with E-state index in [1.165, 1.54) is 13.8 Å².